The second-order valence-corrected chi connectivity index (χ2v) is 3.79. The Kier molecular flexibility index (Phi) is 5.27. The van der Waals surface area contributed by atoms with Crippen LogP contribution in [0.2, 0.25) is 0 Å². The van der Waals surface area contributed by atoms with Crippen LogP contribution in [-0.2, 0) is 9.59 Å². The van der Waals surface area contributed by atoms with Gasteiger partial charge in [0.25, 0.3) is 0 Å². The highest BCUT2D eigenvalue weighted by Crippen LogP contribution is 2.60. The van der Waals surface area contributed by atoms with Gasteiger partial charge < -0.3 is 0 Å². The number of aliphatic imine (C=N–C) groups is 2. The monoisotopic (exact) mass is 384 g/mol. The minimum absolute atomic E-state index is 0.412. The lowest BCUT2D eigenvalue weighted by atomic mass is 9.96. The molecule has 138 valence electrons. The van der Waals surface area contributed by atoms with E-state index in [-0.39, 0.29) is 0 Å². The predicted molar refractivity (Wildman–Crippen MR) is 45.9 cm³/mol. The molecule has 0 rings (SSSR count). The maximum absolute atomic E-state index is 12.9. The van der Waals surface area contributed by atoms with E-state index in [0.29, 0.717) is 0 Å². The van der Waals surface area contributed by atoms with Crippen LogP contribution in [0.4, 0.5) is 52.7 Å². The largest absolute Gasteiger partial charge is 0.421 e. The van der Waals surface area contributed by atoms with Gasteiger partial charge in [0.15, 0.2) is 0 Å². The molecule has 0 N–H and O–H groups in total. The minimum atomic E-state index is -7.89. The van der Waals surface area contributed by atoms with E-state index in [9.17, 15) is 62.3 Å². The van der Waals surface area contributed by atoms with Crippen LogP contribution in [0.25, 0.3) is 0 Å². The second kappa shape index (κ2) is 5.77. The lowest BCUT2D eigenvalue weighted by Gasteiger charge is -2.38. The number of nitrogens with zero attached hydrogens (tertiary/aromatic N) is 2. The molecule has 16 heteroatoms. The average molecular weight is 384 g/mol. The molecule has 0 aliphatic heterocycles. The Labute approximate surface area is 121 Å². The van der Waals surface area contributed by atoms with E-state index >= 15 is 0 Å². The topological polar surface area (TPSA) is 58.9 Å². The summed E-state index contributed by atoms with van der Waals surface area (Å²) in [6.45, 7) is 0. The van der Waals surface area contributed by atoms with Gasteiger partial charge in [-0.05, 0) is 0 Å². The van der Waals surface area contributed by atoms with Crippen LogP contribution in [0.1, 0.15) is 0 Å². The molecule has 0 bridgehead atoms. The van der Waals surface area contributed by atoms with Gasteiger partial charge in [-0.1, -0.05) is 0 Å². The molecule has 0 unspecified atom stereocenters. The standard InChI is InChI=1S/C8F12N2O2/c9-3(10,5(13,14)7(17,18)21-1-23)4(11,12)6(15,16)8(19,20)22-2-24. The van der Waals surface area contributed by atoms with Crippen LogP contribution in [0.5, 0.6) is 0 Å². The van der Waals surface area contributed by atoms with Crippen LogP contribution in [0.15, 0.2) is 9.98 Å². The number of isocyanates is 2. The van der Waals surface area contributed by atoms with Crippen LogP contribution in [0, 0.1) is 0 Å². The molecule has 24 heavy (non-hydrogen) atoms. The Morgan fingerprint density at radius 1 is 0.458 bits per heavy atom. The molecule has 0 amide bonds. The van der Waals surface area contributed by atoms with Crippen molar-refractivity contribution in [1.29, 1.82) is 0 Å². The summed E-state index contributed by atoms with van der Waals surface area (Å²) in [6, 6.07) is -13.4. The minimum Gasteiger partial charge on any atom is -0.211 e. The SMILES string of the molecule is O=C=NC(F)(F)C(F)(F)C(F)(F)C(F)(F)C(F)(F)C(F)(F)N=C=O. The van der Waals surface area contributed by atoms with Crippen molar-refractivity contribution in [2.75, 3.05) is 0 Å². The molecule has 0 aromatic heterocycles. The first-order valence-electron chi connectivity index (χ1n) is 4.82. The molecule has 0 radical (unpaired) electrons. The Bertz CT molecular complexity index is 536. The summed E-state index contributed by atoms with van der Waals surface area (Å²) in [5, 5.41) is 0. The zero-order valence-electron chi connectivity index (χ0n) is 10.2. The molecule has 0 aromatic carbocycles. The zero-order chi connectivity index (χ0) is 19.8. The summed E-state index contributed by atoms with van der Waals surface area (Å²) in [4.78, 5) is 20.4. The van der Waals surface area contributed by atoms with Crippen molar-refractivity contribution in [2.24, 2.45) is 9.98 Å². The second-order valence-electron chi connectivity index (χ2n) is 3.79. The van der Waals surface area contributed by atoms with Crippen molar-refractivity contribution in [3.63, 3.8) is 0 Å². The fraction of sp³-hybridized carbons (Fsp3) is 0.750. The summed E-state index contributed by atoms with van der Waals surface area (Å²) >= 11 is 0. The Morgan fingerprint density at radius 3 is 0.833 bits per heavy atom. The maximum Gasteiger partial charge on any atom is 0.421 e. The third-order valence-electron chi connectivity index (χ3n) is 2.31. The third kappa shape index (κ3) is 2.75. The summed E-state index contributed by atoms with van der Waals surface area (Å²) in [7, 11) is 0. The van der Waals surface area contributed by atoms with Gasteiger partial charge in [0, 0.05) is 0 Å². The predicted octanol–water partition coefficient (Wildman–Crippen LogP) is 3.38. The highest BCUT2D eigenvalue weighted by molar-refractivity contribution is 5.35. The van der Waals surface area contributed by atoms with Crippen molar-refractivity contribution in [3.8, 4) is 0 Å². The van der Waals surface area contributed by atoms with E-state index < -0.39 is 47.9 Å². The Morgan fingerprint density at radius 2 is 0.667 bits per heavy atom. The van der Waals surface area contributed by atoms with E-state index in [2.05, 4.69) is 0 Å². The first-order valence-corrected chi connectivity index (χ1v) is 4.82. The van der Waals surface area contributed by atoms with Crippen molar-refractivity contribution < 1.29 is 62.3 Å². The van der Waals surface area contributed by atoms with Crippen LogP contribution < -0.4 is 0 Å². The van der Waals surface area contributed by atoms with Crippen LogP contribution >= 0.6 is 0 Å². The average Bonchev–Trinajstić information content (AvgIpc) is 2.37. The first kappa shape index (κ1) is 21.9. The lowest BCUT2D eigenvalue weighted by Crippen LogP contribution is -2.70. The highest BCUT2D eigenvalue weighted by Gasteiger charge is 2.91. The van der Waals surface area contributed by atoms with Crippen molar-refractivity contribution in [1.82, 2.24) is 0 Å². The summed E-state index contributed by atoms with van der Waals surface area (Å²) in [6.07, 6.45) is -0.824. The van der Waals surface area contributed by atoms with Crippen molar-refractivity contribution in [2.45, 2.75) is 35.8 Å². The van der Waals surface area contributed by atoms with E-state index in [1.807, 2.05) is 0 Å². The van der Waals surface area contributed by atoms with Gasteiger partial charge in [0.05, 0.1) is 0 Å². The van der Waals surface area contributed by atoms with Crippen molar-refractivity contribution >= 4 is 12.2 Å². The van der Waals surface area contributed by atoms with Crippen LogP contribution in [0.3, 0.4) is 0 Å². The molecular formula is C8F12N2O2. The molecule has 0 saturated carbocycles. The number of halogens is 12. The Balaban J connectivity index is 6.46. The quantitative estimate of drug-likeness (QED) is 0.293. The number of hydrogen-bond donors (Lipinski definition) is 0. The molecular weight excluding hydrogens is 384 g/mol. The van der Waals surface area contributed by atoms with Gasteiger partial charge in [-0.15, -0.1) is 9.98 Å². The lowest BCUT2D eigenvalue weighted by molar-refractivity contribution is -0.423. The zero-order valence-corrected chi connectivity index (χ0v) is 10.2. The van der Waals surface area contributed by atoms with Crippen LogP contribution in [-0.4, -0.2) is 47.9 Å². The smallest absolute Gasteiger partial charge is 0.211 e. The normalized spacial score (nSPS) is 14.7. The number of alkyl halides is 12. The molecule has 0 spiro atoms. The fourth-order valence-corrected chi connectivity index (χ4v) is 1.03. The summed E-state index contributed by atoms with van der Waals surface area (Å²) in [5.74, 6) is -30.9. The van der Waals surface area contributed by atoms with E-state index in [4.69, 9.17) is 0 Å². The summed E-state index contributed by atoms with van der Waals surface area (Å²) < 4.78 is 153. The molecule has 0 fully saturated rings. The molecule has 4 nitrogen and oxygen atoms in total. The molecule has 0 aromatic rings. The first-order chi connectivity index (χ1) is 10.4. The van der Waals surface area contributed by atoms with Gasteiger partial charge in [0.1, 0.15) is 0 Å². The van der Waals surface area contributed by atoms with Gasteiger partial charge in [-0.2, -0.15) is 52.7 Å². The molecule has 0 heterocycles. The van der Waals surface area contributed by atoms with Gasteiger partial charge in [-0.25, -0.2) is 9.59 Å². The Hall–Kier alpha value is -2.08. The van der Waals surface area contributed by atoms with Gasteiger partial charge in [-0.3, -0.25) is 0 Å². The molecule has 0 aliphatic carbocycles. The maximum atomic E-state index is 12.9. The number of hydrogen-bond acceptors (Lipinski definition) is 4. The van der Waals surface area contributed by atoms with Gasteiger partial charge in [0.2, 0.25) is 12.2 Å². The number of carbonyl (C=O) groups excluding carboxylic acids is 2. The fourth-order valence-electron chi connectivity index (χ4n) is 1.03. The van der Waals surface area contributed by atoms with E-state index in [1.54, 1.807) is 0 Å². The number of rotatable bonds is 7. The molecule has 0 aliphatic rings. The third-order valence-corrected chi connectivity index (χ3v) is 2.31. The van der Waals surface area contributed by atoms with Gasteiger partial charge >= 0.3 is 35.8 Å². The molecule has 0 saturated heterocycles. The molecule has 0 atom stereocenters. The van der Waals surface area contributed by atoms with E-state index in [0.717, 1.165) is 9.98 Å². The van der Waals surface area contributed by atoms with E-state index in [1.165, 1.54) is 0 Å². The van der Waals surface area contributed by atoms with Crippen molar-refractivity contribution in [3.05, 3.63) is 0 Å². The highest BCUT2D eigenvalue weighted by atomic mass is 19.4. The summed E-state index contributed by atoms with van der Waals surface area (Å²) in [5.41, 5.74) is 0.